The minimum atomic E-state index is -0.153. The molecule has 2 heterocycles. The van der Waals surface area contributed by atoms with Crippen molar-refractivity contribution in [1.29, 1.82) is 0 Å². The van der Waals surface area contributed by atoms with Gasteiger partial charge < -0.3 is 0 Å². The van der Waals surface area contributed by atoms with Crippen LogP contribution >= 0.6 is 11.3 Å². The van der Waals surface area contributed by atoms with Crippen LogP contribution in [0.2, 0.25) is 0 Å². The van der Waals surface area contributed by atoms with E-state index < -0.39 is 0 Å². The second kappa shape index (κ2) is 10.0. The van der Waals surface area contributed by atoms with E-state index in [1.54, 1.807) is 10.6 Å². The van der Waals surface area contributed by atoms with Crippen molar-refractivity contribution in [3.05, 3.63) is 142 Å². The van der Waals surface area contributed by atoms with E-state index in [4.69, 9.17) is 4.98 Å². The number of fused-ring (bicyclic) bond motifs is 1. The first-order valence-electron chi connectivity index (χ1n) is 11.8. The van der Waals surface area contributed by atoms with E-state index in [1.165, 1.54) is 17.6 Å². The van der Waals surface area contributed by atoms with Crippen molar-refractivity contribution in [2.75, 3.05) is 0 Å². The number of rotatable bonds is 5. The normalized spacial score (nSPS) is 11.9. The molecule has 0 radical (unpaired) electrons. The van der Waals surface area contributed by atoms with Crippen LogP contribution in [0.15, 0.2) is 136 Å². The highest BCUT2D eigenvalue weighted by Gasteiger charge is 2.12. The Morgan fingerprint density at radius 2 is 1.30 bits per heavy atom. The van der Waals surface area contributed by atoms with Gasteiger partial charge in [0.25, 0.3) is 5.56 Å². The molecule has 6 nitrogen and oxygen atoms in total. The molecule has 6 aromatic rings. The SMILES string of the molecule is O=c1c2ccccc2nc(/C=N/N=c2/scc(-c3ccccc3)n2-c2ccccc2)n1-c1ccccc1. The maximum absolute atomic E-state index is 13.4. The molecule has 0 aliphatic rings. The number of aromatic nitrogens is 3. The van der Waals surface area contributed by atoms with Crippen molar-refractivity contribution in [1.82, 2.24) is 14.1 Å². The van der Waals surface area contributed by atoms with Crippen LogP contribution in [0.1, 0.15) is 5.82 Å². The van der Waals surface area contributed by atoms with Crippen molar-refractivity contribution in [3.8, 4) is 22.6 Å². The average molecular weight is 500 g/mol. The van der Waals surface area contributed by atoms with Crippen molar-refractivity contribution in [2.45, 2.75) is 0 Å². The predicted molar refractivity (Wildman–Crippen MR) is 150 cm³/mol. The van der Waals surface area contributed by atoms with Crippen LogP contribution in [-0.2, 0) is 0 Å². The zero-order chi connectivity index (χ0) is 25.0. The van der Waals surface area contributed by atoms with E-state index in [1.807, 2.05) is 97.1 Å². The van der Waals surface area contributed by atoms with E-state index in [0.29, 0.717) is 27.2 Å². The van der Waals surface area contributed by atoms with Crippen molar-refractivity contribution in [2.24, 2.45) is 10.2 Å². The van der Waals surface area contributed by atoms with Gasteiger partial charge in [0.05, 0.1) is 28.5 Å². The van der Waals surface area contributed by atoms with Gasteiger partial charge in [0.2, 0.25) is 4.80 Å². The Labute approximate surface area is 216 Å². The lowest BCUT2D eigenvalue weighted by molar-refractivity contribution is 0.939. The fourth-order valence-corrected chi connectivity index (χ4v) is 5.07. The summed E-state index contributed by atoms with van der Waals surface area (Å²) in [7, 11) is 0. The molecule has 0 bridgehead atoms. The van der Waals surface area contributed by atoms with Gasteiger partial charge >= 0.3 is 0 Å². The first kappa shape index (κ1) is 22.6. The minimum Gasteiger partial charge on any atom is -0.284 e. The number of para-hydroxylation sites is 3. The van der Waals surface area contributed by atoms with Gasteiger partial charge in [-0.25, -0.2) is 4.98 Å². The molecule has 0 saturated heterocycles. The van der Waals surface area contributed by atoms with Gasteiger partial charge in [-0.15, -0.1) is 16.4 Å². The maximum atomic E-state index is 13.4. The van der Waals surface area contributed by atoms with Crippen LogP contribution < -0.4 is 10.4 Å². The molecule has 0 spiro atoms. The summed E-state index contributed by atoms with van der Waals surface area (Å²) in [5.74, 6) is 0.407. The number of hydrogen-bond acceptors (Lipinski definition) is 5. The van der Waals surface area contributed by atoms with E-state index in [0.717, 1.165) is 16.9 Å². The molecule has 0 saturated carbocycles. The Bertz CT molecular complexity index is 1840. The number of thiazole rings is 1. The Morgan fingerprint density at radius 3 is 2.00 bits per heavy atom. The zero-order valence-corrected chi connectivity index (χ0v) is 20.5. The van der Waals surface area contributed by atoms with Crippen molar-refractivity contribution < 1.29 is 0 Å². The molecular formula is C30H21N5OS. The summed E-state index contributed by atoms with van der Waals surface area (Å²) in [5, 5.41) is 11.6. The second-order valence-corrected chi connectivity index (χ2v) is 9.08. The molecule has 2 aromatic heterocycles. The van der Waals surface area contributed by atoms with Gasteiger partial charge in [-0.1, -0.05) is 78.9 Å². The lowest BCUT2D eigenvalue weighted by Gasteiger charge is -2.10. The Balaban J connectivity index is 1.51. The van der Waals surface area contributed by atoms with Crippen LogP contribution in [0.3, 0.4) is 0 Å². The number of nitrogens with zero attached hydrogens (tertiary/aromatic N) is 5. The van der Waals surface area contributed by atoms with Gasteiger partial charge in [-0.3, -0.25) is 13.9 Å². The van der Waals surface area contributed by atoms with E-state index in [-0.39, 0.29) is 5.56 Å². The first-order chi connectivity index (χ1) is 18.3. The molecular weight excluding hydrogens is 478 g/mol. The monoisotopic (exact) mass is 499 g/mol. The van der Waals surface area contributed by atoms with Gasteiger partial charge in [-0.05, 0) is 42.0 Å². The third-order valence-electron chi connectivity index (χ3n) is 5.92. The standard InChI is InChI=1S/C30H21N5OS/c36-29-25-18-10-11-19-26(25)32-28(35(29)24-16-8-3-9-17-24)20-31-33-30-34(23-14-6-2-7-15-23)27(21-37-30)22-12-4-1-5-13-22/h1-21H/b31-20+,33-30+. The highest BCUT2D eigenvalue weighted by atomic mass is 32.1. The minimum absolute atomic E-state index is 0.153. The van der Waals surface area contributed by atoms with Crippen LogP contribution in [0, 0.1) is 0 Å². The van der Waals surface area contributed by atoms with Crippen molar-refractivity contribution >= 4 is 28.5 Å². The summed E-state index contributed by atoms with van der Waals surface area (Å²) in [6, 6.07) is 37.0. The lowest BCUT2D eigenvalue weighted by Crippen LogP contribution is -2.23. The molecule has 6 rings (SSSR count). The van der Waals surface area contributed by atoms with Crippen LogP contribution in [-0.4, -0.2) is 20.3 Å². The van der Waals surface area contributed by atoms with Crippen molar-refractivity contribution in [3.63, 3.8) is 0 Å². The highest BCUT2D eigenvalue weighted by Crippen LogP contribution is 2.23. The quantitative estimate of drug-likeness (QED) is 0.221. The van der Waals surface area contributed by atoms with Gasteiger partial charge in [-0.2, -0.15) is 5.10 Å². The molecule has 178 valence electrons. The topological polar surface area (TPSA) is 64.5 Å². The molecule has 4 aromatic carbocycles. The Morgan fingerprint density at radius 1 is 0.703 bits per heavy atom. The molecule has 0 atom stereocenters. The van der Waals surface area contributed by atoms with E-state index in [9.17, 15) is 4.79 Å². The summed E-state index contributed by atoms with van der Waals surface area (Å²) < 4.78 is 3.64. The molecule has 0 unspecified atom stereocenters. The third-order valence-corrected chi connectivity index (χ3v) is 6.74. The molecule has 0 fully saturated rings. The van der Waals surface area contributed by atoms with E-state index >= 15 is 0 Å². The van der Waals surface area contributed by atoms with Crippen LogP contribution in [0.25, 0.3) is 33.5 Å². The van der Waals surface area contributed by atoms with E-state index in [2.05, 4.69) is 32.3 Å². The predicted octanol–water partition coefficient (Wildman–Crippen LogP) is 5.84. The fourth-order valence-electron chi connectivity index (χ4n) is 4.21. The molecule has 0 aliphatic carbocycles. The molecule has 7 heteroatoms. The highest BCUT2D eigenvalue weighted by molar-refractivity contribution is 7.07. The number of hydrogen-bond donors (Lipinski definition) is 0. The molecule has 0 N–H and O–H groups in total. The molecule has 0 amide bonds. The van der Waals surface area contributed by atoms with Gasteiger partial charge in [0, 0.05) is 11.1 Å². The first-order valence-corrected chi connectivity index (χ1v) is 12.6. The summed E-state index contributed by atoms with van der Waals surface area (Å²) in [5.41, 5.74) is 4.27. The lowest BCUT2D eigenvalue weighted by atomic mass is 10.1. The maximum Gasteiger partial charge on any atom is 0.266 e. The summed E-state index contributed by atoms with van der Waals surface area (Å²) in [4.78, 5) is 18.8. The smallest absolute Gasteiger partial charge is 0.266 e. The third kappa shape index (κ3) is 4.44. The second-order valence-electron chi connectivity index (χ2n) is 8.25. The summed E-state index contributed by atoms with van der Waals surface area (Å²) in [6.45, 7) is 0. The van der Waals surface area contributed by atoms with Gasteiger partial charge in [0.15, 0.2) is 5.82 Å². The average Bonchev–Trinajstić information content (AvgIpc) is 3.38. The summed E-state index contributed by atoms with van der Waals surface area (Å²) >= 11 is 1.50. The van der Waals surface area contributed by atoms with Crippen LogP contribution in [0.4, 0.5) is 0 Å². The van der Waals surface area contributed by atoms with Crippen LogP contribution in [0.5, 0.6) is 0 Å². The zero-order valence-electron chi connectivity index (χ0n) is 19.7. The fraction of sp³-hybridized carbons (Fsp3) is 0. The Kier molecular flexibility index (Phi) is 6.10. The summed E-state index contributed by atoms with van der Waals surface area (Å²) in [6.07, 6.45) is 1.54. The largest absolute Gasteiger partial charge is 0.284 e. The Hall–Kier alpha value is -4.88. The molecule has 0 aliphatic heterocycles. The van der Waals surface area contributed by atoms with Gasteiger partial charge in [0.1, 0.15) is 0 Å². The molecule has 37 heavy (non-hydrogen) atoms. The number of benzene rings is 4.